The molecule has 4 aromatic rings. The van der Waals surface area contributed by atoms with E-state index in [2.05, 4.69) is 16.0 Å². The van der Waals surface area contributed by atoms with Gasteiger partial charge in [-0.25, -0.2) is 9.37 Å². The molecule has 0 aliphatic carbocycles. The second-order valence-electron chi connectivity index (χ2n) is 4.41. The maximum Gasteiger partial charge on any atom is 0.124 e. The monoisotopic (exact) mass is 268 g/mol. The van der Waals surface area contributed by atoms with Crippen LogP contribution in [0.5, 0.6) is 0 Å². The summed E-state index contributed by atoms with van der Waals surface area (Å²) in [6.45, 7) is 0. The third-order valence-electron chi connectivity index (χ3n) is 3.15. The molecule has 0 aliphatic rings. The third kappa shape index (κ3) is 1.72. The van der Waals surface area contributed by atoms with Crippen LogP contribution in [0, 0.1) is 5.82 Å². The first-order valence-corrected chi connectivity index (χ1v) is 6.75. The molecule has 2 heterocycles. The molecule has 0 radical (unpaired) electrons. The van der Waals surface area contributed by atoms with Gasteiger partial charge in [0.2, 0.25) is 0 Å². The van der Waals surface area contributed by atoms with Crippen molar-refractivity contribution >= 4 is 32.5 Å². The van der Waals surface area contributed by atoms with E-state index >= 15 is 0 Å². The van der Waals surface area contributed by atoms with Crippen LogP contribution in [0.25, 0.3) is 31.7 Å². The van der Waals surface area contributed by atoms with Crippen LogP contribution in [0.1, 0.15) is 0 Å². The first kappa shape index (κ1) is 10.7. The van der Waals surface area contributed by atoms with E-state index in [4.69, 9.17) is 0 Å². The van der Waals surface area contributed by atoms with E-state index in [-0.39, 0.29) is 5.82 Å². The van der Waals surface area contributed by atoms with Crippen molar-refractivity contribution < 1.29 is 4.39 Å². The highest BCUT2D eigenvalue weighted by Gasteiger charge is 2.07. The van der Waals surface area contributed by atoms with Crippen molar-refractivity contribution in [3.05, 3.63) is 54.5 Å². The molecule has 1 N–H and O–H groups in total. The van der Waals surface area contributed by atoms with E-state index in [1.165, 1.54) is 23.5 Å². The van der Waals surface area contributed by atoms with Gasteiger partial charge < -0.3 is 4.98 Å². The van der Waals surface area contributed by atoms with E-state index in [1.54, 1.807) is 6.07 Å². The summed E-state index contributed by atoms with van der Waals surface area (Å²) < 4.78 is 14.1. The Hall–Kier alpha value is -2.20. The summed E-state index contributed by atoms with van der Waals surface area (Å²) in [5.74, 6) is -0.219. The van der Waals surface area contributed by atoms with Gasteiger partial charge >= 0.3 is 0 Å². The molecule has 0 bridgehead atoms. The topological polar surface area (TPSA) is 28.7 Å². The van der Waals surface area contributed by atoms with Crippen LogP contribution >= 0.6 is 11.3 Å². The fourth-order valence-electron chi connectivity index (χ4n) is 2.21. The number of hydrogen-bond acceptors (Lipinski definition) is 2. The van der Waals surface area contributed by atoms with Crippen molar-refractivity contribution in [2.45, 2.75) is 0 Å². The van der Waals surface area contributed by atoms with E-state index in [0.717, 1.165) is 31.7 Å². The van der Waals surface area contributed by atoms with E-state index in [1.807, 2.05) is 24.4 Å². The lowest BCUT2D eigenvalue weighted by molar-refractivity contribution is 0.630. The maximum atomic E-state index is 13.2. The van der Waals surface area contributed by atoms with Crippen LogP contribution in [0.3, 0.4) is 0 Å². The Labute approximate surface area is 112 Å². The van der Waals surface area contributed by atoms with Crippen LogP contribution in [0.4, 0.5) is 4.39 Å². The summed E-state index contributed by atoms with van der Waals surface area (Å²) >= 11 is 1.51. The zero-order valence-electron chi connectivity index (χ0n) is 9.85. The number of benzene rings is 2. The number of nitrogens with zero attached hydrogens (tertiary/aromatic N) is 1. The molecule has 2 aromatic heterocycles. The average molecular weight is 268 g/mol. The number of rotatable bonds is 1. The molecule has 0 saturated heterocycles. The molecule has 0 saturated carbocycles. The second-order valence-corrected chi connectivity index (χ2v) is 5.44. The molecular weight excluding hydrogens is 259 g/mol. The van der Waals surface area contributed by atoms with Gasteiger partial charge in [0.1, 0.15) is 10.8 Å². The highest BCUT2D eigenvalue weighted by Crippen LogP contribution is 2.31. The van der Waals surface area contributed by atoms with Gasteiger partial charge in [0, 0.05) is 22.7 Å². The van der Waals surface area contributed by atoms with Crippen LogP contribution < -0.4 is 0 Å². The van der Waals surface area contributed by atoms with E-state index in [9.17, 15) is 4.39 Å². The Morgan fingerprint density at radius 3 is 2.95 bits per heavy atom. The summed E-state index contributed by atoms with van der Waals surface area (Å²) in [6.07, 6.45) is 1.92. The molecule has 0 spiro atoms. The smallest absolute Gasteiger partial charge is 0.124 e. The molecule has 0 unspecified atom stereocenters. The first-order valence-electron chi connectivity index (χ1n) is 5.93. The Bertz CT molecular complexity index is 891. The normalized spacial score (nSPS) is 11.4. The van der Waals surface area contributed by atoms with Crippen molar-refractivity contribution in [1.82, 2.24) is 9.97 Å². The van der Waals surface area contributed by atoms with Crippen LogP contribution in [-0.2, 0) is 0 Å². The largest absolute Gasteiger partial charge is 0.361 e. The van der Waals surface area contributed by atoms with Crippen LogP contribution in [0.2, 0.25) is 0 Å². The zero-order chi connectivity index (χ0) is 12.8. The van der Waals surface area contributed by atoms with Crippen LogP contribution in [0.15, 0.2) is 48.7 Å². The number of fused-ring (bicyclic) bond motifs is 2. The minimum Gasteiger partial charge on any atom is -0.361 e. The highest BCUT2D eigenvalue weighted by molar-refractivity contribution is 7.21. The molecule has 0 aliphatic heterocycles. The molecule has 19 heavy (non-hydrogen) atoms. The van der Waals surface area contributed by atoms with Crippen LogP contribution in [-0.4, -0.2) is 9.97 Å². The molecule has 4 heteroatoms. The minimum atomic E-state index is -0.219. The summed E-state index contributed by atoms with van der Waals surface area (Å²) in [7, 11) is 0. The van der Waals surface area contributed by atoms with Crippen molar-refractivity contribution in [1.29, 1.82) is 0 Å². The third-order valence-corrected chi connectivity index (χ3v) is 4.22. The molecule has 0 atom stereocenters. The summed E-state index contributed by atoms with van der Waals surface area (Å²) in [6, 6.07) is 12.9. The minimum absolute atomic E-state index is 0.219. The standard InChI is InChI=1S/C15H9FN2S/c16-11-2-4-13-14(8-11)19-15(18-13)10-1-3-12-9(7-10)5-6-17-12/h1-8,17H. The lowest BCUT2D eigenvalue weighted by Crippen LogP contribution is -1.76. The molecule has 2 nitrogen and oxygen atoms in total. The molecule has 0 fully saturated rings. The Morgan fingerprint density at radius 1 is 1.05 bits per heavy atom. The predicted octanol–water partition coefficient (Wildman–Crippen LogP) is 4.58. The molecule has 0 amide bonds. The Kier molecular flexibility index (Phi) is 2.19. The van der Waals surface area contributed by atoms with Gasteiger partial charge in [-0.05, 0) is 42.5 Å². The fraction of sp³-hybridized carbons (Fsp3) is 0. The number of hydrogen-bond donors (Lipinski definition) is 1. The molecule has 92 valence electrons. The Morgan fingerprint density at radius 2 is 2.00 bits per heavy atom. The number of H-pyrrole nitrogens is 1. The zero-order valence-corrected chi connectivity index (χ0v) is 10.7. The number of halogens is 1. The fourth-order valence-corrected chi connectivity index (χ4v) is 3.20. The molecular formula is C15H9FN2S. The SMILES string of the molecule is Fc1ccc2nc(-c3ccc4[nH]ccc4c3)sc2c1. The summed E-state index contributed by atoms with van der Waals surface area (Å²) in [4.78, 5) is 7.72. The number of thiazole rings is 1. The van der Waals surface area contributed by atoms with Crippen molar-refractivity contribution in [3.8, 4) is 10.6 Å². The van der Waals surface area contributed by atoms with Gasteiger partial charge in [-0.3, -0.25) is 0 Å². The summed E-state index contributed by atoms with van der Waals surface area (Å²) in [5, 5.41) is 2.08. The van der Waals surface area contributed by atoms with Crippen molar-refractivity contribution in [3.63, 3.8) is 0 Å². The summed E-state index contributed by atoms with van der Waals surface area (Å²) in [5.41, 5.74) is 3.01. The number of nitrogens with one attached hydrogen (secondary N) is 1. The van der Waals surface area contributed by atoms with Crippen molar-refractivity contribution in [2.75, 3.05) is 0 Å². The number of aromatic amines is 1. The Balaban J connectivity index is 1.92. The van der Waals surface area contributed by atoms with Crippen molar-refractivity contribution in [2.24, 2.45) is 0 Å². The van der Waals surface area contributed by atoms with Gasteiger partial charge in [0.15, 0.2) is 0 Å². The van der Waals surface area contributed by atoms with E-state index in [0.29, 0.717) is 0 Å². The first-order chi connectivity index (χ1) is 9.29. The van der Waals surface area contributed by atoms with Gasteiger partial charge in [-0.1, -0.05) is 0 Å². The quantitative estimate of drug-likeness (QED) is 0.537. The number of aromatic nitrogens is 2. The lowest BCUT2D eigenvalue weighted by Gasteiger charge is -1.96. The molecule has 2 aromatic carbocycles. The van der Waals surface area contributed by atoms with Gasteiger partial charge in [0.05, 0.1) is 10.2 Å². The molecule has 4 rings (SSSR count). The lowest BCUT2D eigenvalue weighted by atomic mass is 10.2. The second kappa shape index (κ2) is 3.90. The van der Waals surface area contributed by atoms with Gasteiger partial charge in [-0.15, -0.1) is 11.3 Å². The highest BCUT2D eigenvalue weighted by atomic mass is 32.1. The maximum absolute atomic E-state index is 13.2. The average Bonchev–Trinajstić information content (AvgIpc) is 3.02. The van der Waals surface area contributed by atoms with Gasteiger partial charge in [-0.2, -0.15) is 0 Å². The predicted molar refractivity (Wildman–Crippen MR) is 76.9 cm³/mol. The van der Waals surface area contributed by atoms with E-state index < -0.39 is 0 Å². The van der Waals surface area contributed by atoms with Gasteiger partial charge in [0.25, 0.3) is 0 Å².